The highest BCUT2D eigenvalue weighted by atomic mass is 35.5. The number of carbonyl (C=O) groups excluding carboxylic acids is 2. The van der Waals surface area contributed by atoms with Gasteiger partial charge in [-0.15, -0.1) is 0 Å². The van der Waals surface area contributed by atoms with Crippen molar-refractivity contribution in [3.05, 3.63) is 68.7 Å². The second-order valence-corrected chi connectivity index (χ2v) is 8.69. The molecule has 0 heterocycles. The van der Waals surface area contributed by atoms with Crippen LogP contribution in [0.2, 0.25) is 15.1 Å². The van der Waals surface area contributed by atoms with Crippen molar-refractivity contribution in [3.8, 4) is 0 Å². The van der Waals surface area contributed by atoms with Gasteiger partial charge >= 0.3 is 0 Å². The summed E-state index contributed by atoms with van der Waals surface area (Å²) in [4.78, 5) is 25.9. The van der Waals surface area contributed by atoms with Crippen molar-refractivity contribution < 1.29 is 9.59 Å². The maximum Gasteiger partial charge on any atom is 0.163 e. The van der Waals surface area contributed by atoms with Gasteiger partial charge in [-0.3, -0.25) is 9.59 Å². The molecule has 0 saturated heterocycles. The third-order valence-electron chi connectivity index (χ3n) is 5.53. The van der Waals surface area contributed by atoms with Crippen LogP contribution in [0.1, 0.15) is 66.8 Å². The summed E-state index contributed by atoms with van der Waals surface area (Å²) in [6.45, 7) is 0. The third kappa shape index (κ3) is 5.37. The van der Waals surface area contributed by atoms with E-state index in [0.717, 1.165) is 37.7 Å². The molecule has 0 aromatic heterocycles. The van der Waals surface area contributed by atoms with Gasteiger partial charge in [-0.2, -0.15) is 0 Å². The summed E-state index contributed by atoms with van der Waals surface area (Å²) in [7, 11) is 0. The normalized spacial score (nSPS) is 19.0. The molecule has 1 fully saturated rings. The lowest BCUT2D eigenvalue weighted by Gasteiger charge is -2.28. The SMILES string of the molecule is O=C(CC(c1ccc(Cl)c(Cl)c1)C1CCCCCCC1=O)c1ccc(Cl)cc1. The molecule has 0 amide bonds. The molecule has 3 rings (SSSR count). The molecule has 2 unspecified atom stereocenters. The largest absolute Gasteiger partial charge is 0.299 e. The molecule has 0 radical (unpaired) electrons. The molecule has 2 aromatic rings. The van der Waals surface area contributed by atoms with Crippen LogP contribution in [0.25, 0.3) is 0 Å². The van der Waals surface area contributed by atoms with Crippen molar-refractivity contribution in [2.75, 3.05) is 0 Å². The second-order valence-electron chi connectivity index (χ2n) is 7.44. The lowest BCUT2D eigenvalue weighted by Crippen LogP contribution is -2.26. The highest BCUT2D eigenvalue weighted by Crippen LogP contribution is 2.38. The molecule has 1 saturated carbocycles. The van der Waals surface area contributed by atoms with Crippen molar-refractivity contribution in [1.29, 1.82) is 0 Å². The highest BCUT2D eigenvalue weighted by molar-refractivity contribution is 6.42. The van der Waals surface area contributed by atoms with Gasteiger partial charge in [-0.1, -0.05) is 60.1 Å². The van der Waals surface area contributed by atoms with Crippen molar-refractivity contribution in [2.45, 2.75) is 50.9 Å². The summed E-state index contributed by atoms with van der Waals surface area (Å²) in [5.41, 5.74) is 1.50. The first kappa shape index (κ1) is 21.4. The van der Waals surface area contributed by atoms with Gasteiger partial charge in [-0.25, -0.2) is 0 Å². The number of Topliss-reactive ketones (excluding diaryl/α,β-unsaturated/α-hetero) is 2. The Morgan fingerprint density at radius 1 is 0.929 bits per heavy atom. The average molecular weight is 438 g/mol. The van der Waals surface area contributed by atoms with Gasteiger partial charge in [0.1, 0.15) is 5.78 Å². The maximum atomic E-state index is 13.0. The van der Waals surface area contributed by atoms with E-state index in [2.05, 4.69) is 0 Å². The molecule has 0 N–H and O–H groups in total. The minimum Gasteiger partial charge on any atom is -0.299 e. The van der Waals surface area contributed by atoms with Gasteiger partial charge < -0.3 is 0 Å². The van der Waals surface area contributed by atoms with E-state index in [1.54, 1.807) is 36.4 Å². The van der Waals surface area contributed by atoms with E-state index in [4.69, 9.17) is 34.8 Å². The van der Waals surface area contributed by atoms with E-state index in [9.17, 15) is 9.59 Å². The number of halogens is 3. The topological polar surface area (TPSA) is 34.1 Å². The van der Waals surface area contributed by atoms with Gasteiger partial charge in [-0.05, 0) is 54.8 Å². The molecular weight excluding hydrogens is 415 g/mol. The van der Waals surface area contributed by atoms with Crippen LogP contribution in [0.3, 0.4) is 0 Å². The van der Waals surface area contributed by atoms with Gasteiger partial charge in [0, 0.05) is 35.3 Å². The second kappa shape index (κ2) is 9.91. The molecule has 2 atom stereocenters. The quantitative estimate of drug-likeness (QED) is 0.453. The van der Waals surface area contributed by atoms with Crippen molar-refractivity contribution in [2.24, 2.45) is 5.92 Å². The van der Waals surface area contributed by atoms with E-state index in [1.165, 1.54) is 0 Å². The van der Waals surface area contributed by atoms with E-state index in [0.29, 0.717) is 27.1 Å². The van der Waals surface area contributed by atoms with Crippen molar-refractivity contribution >= 4 is 46.4 Å². The molecular formula is C23H23Cl3O2. The van der Waals surface area contributed by atoms with E-state index in [1.807, 2.05) is 6.07 Å². The number of ketones is 2. The standard InChI is InChI=1S/C23H23Cl3O2/c24-17-10-7-15(8-11-17)23(28)14-19(16-9-12-20(25)21(26)13-16)18-5-3-1-2-4-6-22(18)27/h7-13,18-19H,1-6,14H2. The summed E-state index contributed by atoms with van der Waals surface area (Å²) in [5.74, 6) is -0.125. The van der Waals surface area contributed by atoms with Crippen LogP contribution in [0.4, 0.5) is 0 Å². The van der Waals surface area contributed by atoms with Crippen LogP contribution in [-0.4, -0.2) is 11.6 Å². The maximum absolute atomic E-state index is 13.0. The summed E-state index contributed by atoms with van der Waals surface area (Å²) < 4.78 is 0. The fourth-order valence-electron chi connectivity index (χ4n) is 3.98. The number of hydrogen-bond acceptors (Lipinski definition) is 2. The summed E-state index contributed by atoms with van der Waals surface area (Å²) in [5, 5.41) is 1.51. The zero-order valence-corrected chi connectivity index (χ0v) is 17.9. The molecule has 148 valence electrons. The summed E-state index contributed by atoms with van der Waals surface area (Å²) >= 11 is 18.3. The van der Waals surface area contributed by atoms with Crippen LogP contribution in [0.15, 0.2) is 42.5 Å². The Labute approximate surface area is 181 Å². The molecule has 2 aromatic carbocycles. The summed E-state index contributed by atoms with van der Waals surface area (Å²) in [6, 6.07) is 12.3. The van der Waals surface area contributed by atoms with E-state index in [-0.39, 0.29) is 29.8 Å². The predicted octanol–water partition coefficient (Wildman–Crippen LogP) is 7.54. The van der Waals surface area contributed by atoms with Crippen molar-refractivity contribution in [3.63, 3.8) is 0 Å². The molecule has 1 aliphatic carbocycles. The zero-order chi connectivity index (χ0) is 20.1. The van der Waals surface area contributed by atoms with Gasteiger partial charge in [0.05, 0.1) is 10.0 Å². The fraction of sp³-hybridized carbons (Fsp3) is 0.391. The Kier molecular flexibility index (Phi) is 7.56. The van der Waals surface area contributed by atoms with Crippen LogP contribution in [0.5, 0.6) is 0 Å². The van der Waals surface area contributed by atoms with Crippen LogP contribution in [0, 0.1) is 5.92 Å². The molecule has 28 heavy (non-hydrogen) atoms. The molecule has 0 aliphatic heterocycles. The third-order valence-corrected chi connectivity index (χ3v) is 6.52. The number of rotatable bonds is 5. The zero-order valence-electron chi connectivity index (χ0n) is 15.6. The first-order chi connectivity index (χ1) is 13.5. The summed E-state index contributed by atoms with van der Waals surface area (Å²) in [6.07, 6.45) is 5.80. The van der Waals surface area contributed by atoms with Crippen LogP contribution >= 0.6 is 34.8 Å². The molecule has 0 spiro atoms. The predicted molar refractivity (Wildman–Crippen MR) is 116 cm³/mol. The lowest BCUT2D eigenvalue weighted by molar-refractivity contribution is -0.124. The number of hydrogen-bond donors (Lipinski definition) is 0. The number of benzene rings is 2. The molecule has 5 heteroatoms. The van der Waals surface area contributed by atoms with E-state index >= 15 is 0 Å². The Bertz CT molecular complexity index is 845. The number of carbonyl (C=O) groups is 2. The molecule has 2 nitrogen and oxygen atoms in total. The Hall–Kier alpha value is -1.35. The van der Waals surface area contributed by atoms with E-state index < -0.39 is 0 Å². The Morgan fingerprint density at radius 2 is 1.64 bits per heavy atom. The minimum absolute atomic E-state index is 0.00241. The average Bonchev–Trinajstić information content (AvgIpc) is 2.66. The lowest BCUT2D eigenvalue weighted by atomic mass is 9.75. The highest BCUT2D eigenvalue weighted by Gasteiger charge is 2.32. The van der Waals surface area contributed by atoms with Crippen LogP contribution < -0.4 is 0 Å². The van der Waals surface area contributed by atoms with Crippen molar-refractivity contribution in [1.82, 2.24) is 0 Å². The Morgan fingerprint density at radius 3 is 2.36 bits per heavy atom. The monoisotopic (exact) mass is 436 g/mol. The van der Waals surface area contributed by atoms with Gasteiger partial charge in [0.2, 0.25) is 0 Å². The van der Waals surface area contributed by atoms with Gasteiger partial charge in [0.25, 0.3) is 0 Å². The fourth-order valence-corrected chi connectivity index (χ4v) is 4.41. The Balaban J connectivity index is 1.92. The van der Waals surface area contributed by atoms with Crippen LogP contribution in [-0.2, 0) is 4.79 Å². The van der Waals surface area contributed by atoms with Gasteiger partial charge in [0.15, 0.2) is 5.78 Å². The first-order valence-electron chi connectivity index (χ1n) is 9.72. The minimum atomic E-state index is -0.205. The molecule has 0 bridgehead atoms. The smallest absolute Gasteiger partial charge is 0.163 e. The molecule has 1 aliphatic rings. The first-order valence-corrected chi connectivity index (χ1v) is 10.9.